The van der Waals surface area contributed by atoms with Crippen LogP contribution in [0, 0.1) is 5.92 Å². The van der Waals surface area contributed by atoms with Gasteiger partial charge in [0.05, 0.1) is 0 Å². The van der Waals surface area contributed by atoms with Crippen molar-refractivity contribution in [1.29, 1.82) is 0 Å². The summed E-state index contributed by atoms with van der Waals surface area (Å²) in [6.45, 7) is 8.99. The SMILES string of the molecule is CCCCCCCCCCCCCCCCC(=O)OC[C@@H](COC(=O)CCCCCCCCCCCCCC)OC(=O)CCCCCCCCCCCC(C)C. The van der Waals surface area contributed by atoms with Crippen LogP contribution in [0.3, 0.4) is 0 Å². The van der Waals surface area contributed by atoms with E-state index in [0.29, 0.717) is 19.3 Å². The van der Waals surface area contributed by atoms with Crippen molar-refractivity contribution in [1.82, 2.24) is 0 Å². The minimum Gasteiger partial charge on any atom is -0.462 e. The number of carbonyl (C=O) groups is 3. The molecule has 0 rings (SSSR count). The van der Waals surface area contributed by atoms with Crippen LogP contribution in [0.5, 0.6) is 0 Å². The largest absolute Gasteiger partial charge is 0.462 e. The Morgan fingerprint density at radius 2 is 0.589 bits per heavy atom. The van der Waals surface area contributed by atoms with Crippen LogP contribution in [0.15, 0.2) is 0 Å². The number of carbonyl (C=O) groups excluding carboxylic acids is 3. The summed E-state index contributed by atoms with van der Waals surface area (Å²) in [6.07, 6.45) is 45.1. The lowest BCUT2D eigenvalue weighted by Crippen LogP contribution is -2.30. The zero-order valence-electron chi connectivity index (χ0n) is 38.1. The molecule has 6 heteroatoms. The van der Waals surface area contributed by atoms with Crippen LogP contribution >= 0.6 is 0 Å². The molecule has 0 spiro atoms. The molecule has 6 nitrogen and oxygen atoms in total. The van der Waals surface area contributed by atoms with Gasteiger partial charge in [-0.2, -0.15) is 0 Å². The highest BCUT2D eigenvalue weighted by Gasteiger charge is 2.19. The monoisotopic (exact) mass is 793 g/mol. The van der Waals surface area contributed by atoms with E-state index < -0.39 is 6.10 Å². The molecule has 0 saturated carbocycles. The second kappa shape index (κ2) is 44.5. The maximum absolute atomic E-state index is 12.7. The number of rotatable bonds is 45. The quantitative estimate of drug-likeness (QED) is 0.0347. The molecule has 332 valence electrons. The molecule has 0 aliphatic heterocycles. The third kappa shape index (κ3) is 43.5. The van der Waals surface area contributed by atoms with Crippen molar-refractivity contribution >= 4 is 17.9 Å². The summed E-state index contributed by atoms with van der Waals surface area (Å²) in [6, 6.07) is 0. The van der Waals surface area contributed by atoms with Gasteiger partial charge >= 0.3 is 17.9 Å². The van der Waals surface area contributed by atoms with Crippen molar-refractivity contribution < 1.29 is 28.6 Å². The van der Waals surface area contributed by atoms with E-state index in [-0.39, 0.29) is 31.1 Å². The van der Waals surface area contributed by atoms with Crippen LogP contribution in [0.2, 0.25) is 0 Å². The van der Waals surface area contributed by atoms with Gasteiger partial charge < -0.3 is 14.2 Å². The summed E-state index contributed by atoms with van der Waals surface area (Å²) in [5, 5.41) is 0. The molecule has 0 amide bonds. The van der Waals surface area contributed by atoms with Gasteiger partial charge in [-0.3, -0.25) is 14.4 Å². The molecule has 0 N–H and O–H groups in total. The van der Waals surface area contributed by atoms with E-state index in [1.165, 1.54) is 173 Å². The van der Waals surface area contributed by atoms with Gasteiger partial charge in [0.2, 0.25) is 0 Å². The number of hydrogen-bond donors (Lipinski definition) is 0. The number of hydrogen-bond acceptors (Lipinski definition) is 6. The second-order valence-corrected chi connectivity index (χ2v) is 17.6. The molecule has 0 fully saturated rings. The maximum Gasteiger partial charge on any atom is 0.306 e. The predicted octanol–water partition coefficient (Wildman–Crippen LogP) is 15.9. The maximum atomic E-state index is 12.7. The number of ether oxygens (including phenoxy) is 3. The summed E-state index contributed by atoms with van der Waals surface area (Å²) >= 11 is 0. The van der Waals surface area contributed by atoms with Gasteiger partial charge in [-0.1, -0.05) is 240 Å². The fourth-order valence-electron chi connectivity index (χ4n) is 7.51. The summed E-state index contributed by atoms with van der Waals surface area (Å²) in [5.74, 6) is -0.0423. The van der Waals surface area contributed by atoms with Gasteiger partial charge in [0.1, 0.15) is 13.2 Å². The Kier molecular flexibility index (Phi) is 43.2. The lowest BCUT2D eigenvalue weighted by molar-refractivity contribution is -0.167. The van der Waals surface area contributed by atoms with E-state index in [1.54, 1.807) is 0 Å². The van der Waals surface area contributed by atoms with Crippen LogP contribution in [0.25, 0.3) is 0 Å². The molecular formula is C50H96O6. The molecule has 0 heterocycles. The van der Waals surface area contributed by atoms with Crippen LogP contribution in [-0.4, -0.2) is 37.2 Å². The summed E-state index contributed by atoms with van der Waals surface area (Å²) in [4.78, 5) is 37.8. The van der Waals surface area contributed by atoms with Gasteiger partial charge in [0, 0.05) is 19.3 Å². The van der Waals surface area contributed by atoms with E-state index in [2.05, 4.69) is 27.7 Å². The van der Waals surface area contributed by atoms with Crippen LogP contribution in [0.4, 0.5) is 0 Å². The Morgan fingerprint density at radius 3 is 0.875 bits per heavy atom. The summed E-state index contributed by atoms with van der Waals surface area (Å²) in [5.41, 5.74) is 0. The first-order valence-electron chi connectivity index (χ1n) is 24.9. The van der Waals surface area contributed by atoms with Gasteiger partial charge in [-0.25, -0.2) is 0 Å². The molecule has 0 unspecified atom stereocenters. The van der Waals surface area contributed by atoms with E-state index in [4.69, 9.17) is 14.2 Å². The Morgan fingerprint density at radius 1 is 0.339 bits per heavy atom. The van der Waals surface area contributed by atoms with Crippen molar-refractivity contribution in [2.24, 2.45) is 5.92 Å². The Bertz CT molecular complexity index is 841. The van der Waals surface area contributed by atoms with Crippen molar-refractivity contribution in [3.05, 3.63) is 0 Å². The van der Waals surface area contributed by atoms with Gasteiger partial charge in [0.15, 0.2) is 6.10 Å². The van der Waals surface area contributed by atoms with Crippen LogP contribution < -0.4 is 0 Å². The second-order valence-electron chi connectivity index (χ2n) is 17.6. The molecule has 0 radical (unpaired) electrons. The highest BCUT2D eigenvalue weighted by Crippen LogP contribution is 2.17. The Balaban J connectivity index is 4.31. The van der Waals surface area contributed by atoms with Crippen LogP contribution in [-0.2, 0) is 28.6 Å². The third-order valence-corrected chi connectivity index (χ3v) is 11.3. The molecule has 0 saturated heterocycles. The molecule has 0 aromatic rings. The standard InChI is InChI=1S/C50H96O6/c1-5-7-9-11-13-15-17-19-20-22-26-30-34-38-42-49(52)55-45-47(56-50(53)43-39-35-31-27-23-24-28-32-36-40-46(3)4)44-54-48(51)41-37-33-29-25-21-18-16-14-12-10-8-6-2/h46-47H,5-45H2,1-4H3/t47-/m1/s1. The molecule has 0 bridgehead atoms. The minimum atomic E-state index is -0.760. The number of unbranched alkanes of at least 4 members (excludes halogenated alkanes) is 32. The molecule has 56 heavy (non-hydrogen) atoms. The van der Waals surface area contributed by atoms with Gasteiger partial charge in [0.25, 0.3) is 0 Å². The molecular weight excluding hydrogens is 697 g/mol. The smallest absolute Gasteiger partial charge is 0.306 e. The molecule has 1 atom stereocenters. The Hall–Kier alpha value is -1.59. The topological polar surface area (TPSA) is 78.9 Å². The van der Waals surface area contributed by atoms with Crippen molar-refractivity contribution in [2.45, 2.75) is 284 Å². The fraction of sp³-hybridized carbons (Fsp3) is 0.940. The molecule has 0 aromatic carbocycles. The van der Waals surface area contributed by atoms with Gasteiger partial charge in [-0.05, 0) is 25.2 Å². The fourth-order valence-corrected chi connectivity index (χ4v) is 7.51. The summed E-state index contributed by atoms with van der Waals surface area (Å²) in [7, 11) is 0. The van der Waals surface area contributed by atoms with Crippen molar-refractivity contribution in [2.75, 3.05) is 13.2 Å². The summed E-state index contributed by atoms with van der Waals surface area (Å²) < 4.78 is 16.8. The first-order valence-corrected chi connectivity index (χ1v) is 24.9. The lowest BCUT2D eigenvalue weighted by Gasteiger charge is -2.18. The zero-order valence-corrected chi connectivity index (χ0v) is 38.1. The van der Waals surface area contributed by atoms with Crippen molar-refractivity contribution in [3.8, 4) is 0 Å². The molecule has 0 aliphatic rings. The third-order valence-electron chi connectivity index (χ3n) is 11.3. The van der Waals surface area contributed by atoms with Crippen molar-refractivity contribution in [3.63, 3.8) is 0 Å². The Labute approximate surface area is 348 Å². The zero-order chi connectivity index (χ0) is 41.0. The van der Waals surface area contributed by atoms with E-state index in [0.717, 1.165) is 63.7 Å². The first-order chi connectivity index (χ1) is 27.4. The van der Waals surface area contributed by atoms with Gasteiger partial charge in [-0.15, -0.1) is 0 Å². The predicted molar refractivity (Wildman–Crippen MR) is 238 cm³/mol. The average molecular weight is 793 g/mol. The highest BCUT2D eigenvalue weighted by atomic mass is 16.6. The molecule has 0 aromatic heterocycles. The minimum absolute atomic E-state index is 0.0633. The van der Waals surface area contributed by atoms with E-state index >= 15 is 0 Å². The average Bonchev–Trinajstić information content (AvgIpc) is 3.18. The molecule has 0 aliphatic carbocycles. The highest BCUT2D eigenvalue weighted by molar-refractivity contribution is 5.71. The normalized spacial score (nSPS) is 11.9. The van der Waals surface area contributed by atoms with E-state index in [1.807, 2.05) is 0 Å². The lowest BCUT2D eigenvalue weighted by atomic mass is 10.0. The number of esters is 3. The van der Waals surface area contributed by atoms with Crippen LogP contribution in [0.1, 0.15) is 278 Å². The first kappa shape index (κ1) is 54.4. The van der Waals surface area contributed by atoms with E-state index in [9.17, 15) is 14.4 Å².